The van der Waals surface area contributed by atoms with Gasteiger partial charge in [0, 0.05) is 29.6 Å². The molecule has 0 spiro atoms. The topological polar surface area (TPSA) is 111 Å². The summed E-state index contributed by atoms with van der Waals surface area (Å²) in [7, 11) is 0. The van der Waals surface area contributed by atoms with Gasteiger partial charge in [-0.1, -0.05) is 48.5 Å². The predicted octanol–water partition coefficient (Wildman–Crippen LogP) is 2.80. The number of fused-ring (bicyclic) bond motifs is 1. The van der Waals surface area contributed by atoms with E-state index in [9.17, 15) is 19.5 Å². The summed E-state index contributed by atoms with van der Waals surface area (Å²) in [5.74, 6) is -1.80. The number of hydrogen-bond acceptors (Lipinski definition) is 4. The Labute approximate surface area is 191 Å². The van der Waals surface area contributed by atoms with Crippen molar-refractivity contribution < 1.29 is 19.5 Å². The fourth-order valence-electron chi connectivity index (χ4n) is 3.34. The molecule has 1 aromatic heterocycles. The number of carboxylic acid groups (broad SMARTS) is 1. The number of carboxylic acids is 1. The number of aliphatic carboxylic acids is 1. The third-order valence-corrected chi connectivity index (χ3v) is 5.24. The molecule has 0 saturated heterocycles. The number of rotatable bonds is 10. The van der Waals surface area contributed by atoms with Crippen molar-refractivity contribution in [2.45, 2.75) is 24.9 Å². The third kappa shape index (κ3) is 6.24. The number of nitrogens with one attached hydrogen (secondary N) is 3. The number of thiol groups is 1. The van der Waals surface area contributed by atoms with Gasteiger partial charge in [0.2, 0.25) is 11.8 Å². The maximum absolute atomic E-state index is 12.7. The van der Waals surface area contributed by atoms with Crippen LogP contribution >= 0.6 is 12.6 Å². The molecule has 0 aliphatic heterocycles. The Morgan fingerprint density at radius 3 is 2.44 bits per heavy atom. The van der Waals surface area contributed by atoms with Crippen LogP contribution in [0.1, 0.15) is 17.5 Å². The molecule has 0 saturated carbocycles. The predicted molar refractivity (Wildman–Crippen MR) is 127 cm³/mol. The van der Waals surface area contributed by atoms with Crippen molar-refractivity contribution in [2.75, 3.05) is 5.75 Å². The normalized spacial score (nSPS) is 13.0. The van der Waals surface area contributed by atoms with E-state index in [1.807, 2.05) is 30.3 Å². The van der Waals surface area contributed by atoms with Crippen molar-refractivity contribution in [3.63, 3.8) is 0 Å². The minimum absolute atomic E-state index is 0.143. The lowest BCUT2D eigenvalue weighted by Crippen LogP contribution is -2.52. The smallest absolute Gasteiger partial charge is 0.326 e. The number of carbonyl (C=O) groups is 3. The van der Waals surface area contributed by atoms with Crippen LogP contribution in [0.4, 0.5) is 0 Å². The van der Waals surface area contributed by atoms with Gasteiger partial charge >= 0.3 is 5.97 Å². The largest absolute Gasteiger partial charge is 0.480 e. The van der Waals surface area contributed by atoms with Gasteiger partial charge in [-0.05, 0) is 35.4 Å². The summed E-state index contributed by atoms with van der Waals surface area (Å²) in [5, 5.41) is 15.7. The number of amides is 2. The van der Waals surface area contributed by atoms with Crippen LogP contribution in [0.15, 0.2) is 66.9 Å². The van der Waals surface area contributed by atoms with Crippen molar-refractivity contribution in [3.05, 3.63) is 78.0 Å². The highest BCUT2D eigenvalue weighted by Gasteiger charge is 2.26. The summed E-state index contributed by atoms with van der Waals surface area (Å²) in [6, 6.07) is 14.7. The van der Waals surface area contributed by atoms with Crippen molar-refractivity contribution in [1.29, 1.82) is 0 Å². The molecule has 32 heavy (non-hydrogen) atoms. The lowest BCUT2D eigenvalue weighted by molar-refractivity contribution is -0.142. The van der Waals surface area contributed by atoms with Crippen molar-refractivity contribution in [1.82, 2.24) is 15.6 Å². The highest BCUT2D eigenvalue weighted by Crippen LogP contribution is 2.18. The first kappa shape index (κ1) is 23.1. The van der Waals surface area contributed by atoms with Crippen molar-refractivity contribution in [3.8, 4) is 0 Å². The van der Waals surface area contributed by atoms with E-state index in [2.05, 4.69) is 28.2 Å². The summed E-state index contributed by atoms with van der Waals surface area (Å²) in [6.07, 6.45) is 5.23. The first-order valence-corrected chi connectivity index (χ1v) is 10.8. The molecule has 0 radical (unpaired) electrons. The number of carbonyl (C=O) groups excluding carboxylic acids is 2. The Morgan fingerprint density at radius 1 is 1.00 bits per heavy atom. The summed E-state index contributed by atoms with van der Waals surface area (Å²) < 4.78 is 0. The number of para-hydroxylation sites is 1. The number of H-pyrrole nitrogens is 1. The molecule has 3 aromatic rings. The van der Waals surface area contributed by atoms with Gasteiger partial charge in [-0.15, -0.1) is 0 Å². The van der Waals surface area contributed by atoms with Gasteiger partial charge in [-0.25, -0.2) is 4.79 Å². The van der Waals surface area contributed by atoms with Gasteiger partial charge in [-0.3, -0.25) is 9.59 Å². The molecule has 1 heterocycles. The third-order valence-electron chi connectivity index (χ3n) is 4.98. The molecule has 1 unspecified atom stereocenters. The van der Waals surface area contributed by atoms with Gasteiger partial charge in [0.1, 0.15) is 12.1 Å². The summed E-state index contributed by atoms with van der Waals surface area (Å²) >= 11 is 4.16. The van der Waals surface area contributed by atoms with Crippen molar-refractivity contribution in [2.24, 2.45) is 0 Å². The van der Waals surface area contributed by atoms with Crippen LogP contribution in [0.2, 0.25) is 0 Å². The Balaban J connectivity index is 1.64. The molecule has 2 amide bonds. The van der Waals surface area contributed by atoms with E-state index in [0.717, 1.165) is 22.0 Å². The van der Waals surface area contributed by atoms with Crippen LogP contribution in [0.3, 0.4) is 0 Å². The quantitative estimate of drug-likeness (QED) is 0.241. The second kappa shape index (κ2) is 11.2. The molecule has 166 valence electrons. The zero-order chi connectivity index (χ0) is 22.9. The van der Waals surface area contributed by atoms with Crippen LogP contribution in [0.25, 0.3) is 17.0 Å². The molecular weight excluding hydrogens is 426 g/mol. The Hall–Kier alpha value is -3.52. The standard InChI is InChI=1S/C24H25N3O4S/c28-22(11-10-17-15-25-19-9-5-4-8-18(17)19)26-20(12-13-32)23(29)27-21(24(30)31)14-16-6-2-1-3-7-16/h1-11,15,20-21,25,32H,12-14H2,(H,26,28)(H,27,29)(H,30,31)/b11-10-/t20?,21-/m1/s1. The first-order chi connectivity index (χ1) is 15.5. The van der Waals surface area contributed by atoms with E-state index in [1.165, 1.54) is 6.08 Å². The zero-order valence-electron chi connectivity index (χ0n) is 17.3. The van der Waals surface area contributed by atoms with Gasteiger partial charge < -0.3 is 20.7 Å². The summed E-state index contributed by atoms with van der Waals surface area (Å²) in [5.41, 5.74) is 2.59. The molecule has 3 rings (SSSR count). The second-order valence-electron chi connectivity index (χ2n) is 7.29. The maximum Gasteiger partial charge on any atom is 0.326 e. The number of benzene rings is 2. The fourth-order valence-corrected chi connectivity index (χ4v) is 3.60. The SMILES string of the molecule is O=C(/C=C\c1c[nH]c2ccccc12)NC(CCS)C(=O)N[C@H](Cc1ccccc1)C(=O)O. The molecule has 2 atom stereocenters. The molecular formula is C24H25N3O4S. The number of aromatic amines is 1. The molecule has 0 aliphatic carbocycles. The van der Waals surface area contributed by atoms with Gasteiger partial charge in [0.05, 0.1) is 0 Å². The van der Waals surface area contributed by atoms with E-state index in [0.29, 0.717) is 5.75 Å². The second-order valence-corrected chi connectivity index (χ2v) is 7.73. The number of hydrogen-bond donors (Lipinski definition) is 5. The molecule has 2 aromatic carbocycles. The van der Waals surface area contributed by atoms with E-state index in [1.54, 1.807) is 36.5 Å². The monoisotopic (exact) mass is 451 g/mol. The molecule has 0 aliphatic rings. The maximum atomic E-state index is 12.7. The lowest BCUT2D eigenvalue weighted by atomic mass is 10.1. The van der Waals surface area contributed by atoms with E-state index >= 15 is 0 Å². The Morgan fingerprint density at radius 2 is 1.72 bits per heavy atom. The Bertz CT molecular complexity index is 1110. The fraction of sp³-hybridized carbons (Fsp3) is 0.208. The minimum Gasteiger partial charge on any atom is -0.480 e. The van der Waals surface area contributed by atoms with Crippen LogP contribution < -0.4 is 10.6 Å². The molecule has 8 heteroatoms. The van der Waals surface area contributed by atoms with Crippen LogP contribution in [-0.4, -0.2) is 45.7 Å². The van der Waals surface area contributed by atoms with Gasteiger partial charge in [-0.2, -0.15) is 12.6 Å². The number of aromatic nitrogens is 1. The lowest BCUT2D eigenvalue weighted by Gasteiger charge is -2.20. The summed E-state index contributed by atoms with van der Waals surface area (Å²) in [6.45, 7) is 0. The van der Waals surface area contributed by atoms with E-state index < -0.39 is 29.9 Å². The molecule has 7 nitrogen and oxygen atoms in total. The summed E-state index contributed by atoms with van der Waals surface area (Å²) in [4.78, 5) is 40.0. The highest BCUT2D eigenvalue weighted by molar-refractivity contribution is 7.80. The average Bonchev–Trinajstić information content (AvgIpc) is 3.20. The molecule has 0 bridgehead atoms. The Kier molecular flexibility index (Phi) is 8.10. The van der Waals surface area contributed by atoms with Crippen LogP contribution in [0, 0.1) is 0 Å². The van der Waals surface area contributed by atoms with Gasteiger partial charge in [0.25, 0.3) is 0 Å². The van der Waals surface area contributed by atoms with Gasteiger partial charge in [0.15, 0.2) is 0 Å². The highest BCUT2D eigenvalue weighted by atomic mass is 32.1. The van der Waals surface area contributed by atoms with Crippen LogP contribution in [-0.2, 0) is 20.8 Å². The first-order valence-electron chi connectivity index (χ1n) is 10.2. The molecule has 4 N–H and O–H groups in total. The van der Waals surface area contributed by atoms with E-state index in [4.69, 9.17) is 0 Å². The van der Waals surface area contributed by atoms with Crippen LogP contribution in [0.5, 0.6) is 0 Å². The minimum atomic E-state index is -1.14. The molecule has 0 fully saturated rings. The van der Waals surface area contributed by atoms with Crippen molar-refractivity contribution >= 4 is 47.4 Å². The zero-order valence-corrected chi connectivity index (χ0v) is 18.2. The van der Waals surface area contributed by atoms with E-state index in [-0.39, 0.29) is 12.8 Å². The average molecular weight is 452 g/mol.